The summed E-state index contributed by atoms with van der Waals surface area (Å²) < 4.78 is 16.0. The monoisotopic (exact) mass is 406 g/mol. The molecule has 0 saturated carbocycles. The lowest BCUT2D eigenvalue weighted by molar-refractivity contribution is -0.116. The van der Waals surface area contributed by atoms with Gasteiger partial charge in [0.05, 0.1) is 19.8 Å². The molecule has 29 heavy (non-hydrogen) atoms. The molecule has 1 aliphatic rings. The van der Waals surface area contributed by atoms with Crippen molar-refractivity contribution in [1.82, 2.24) is 5.32 Å². The lowest BCUT2D eigenvalue weighted by Gasteiger charge is -2.24. The van der Waals surface area contributed by atoms with Gasteiger partial charge in [-0.15, -0.1) is 0 Å². The molecule has 1 aliphatic heterocycles. The smallest absolute Gasteiger partial charge is 0.407 e. The zero-order valence-corrected chi connectivity index (χ0v) is 18.3. The number of rotatable bonds is 9. The van der Waals surface area contributed by atoms with Gasteiger partial charge in [-0.25, -0.2) is 4.79 Å². The number of hydrogen-bond donors (Lipinski definition) is 2. The summed E-state index contributed by atoms with van der Waals surface area (Å²) in [5.41, 5.74) is 4.97. The predicted octanol–water partition coefficient (Wildman–Crippen LogP) is 3.15. The third kappa shape index (κ3) is 7.33. The summed E-state index contributed by atoms with van der Waals surface area (Å²) >= 11 is 0. The van der Waals surface area contributed by atoms with E-state index in [0.717, 1.165) is 35.2 Å². The summed E-state index contributed by atoms with van der Waals surface area (Å²) in [5.74, 6) is 0.0576. The van der Waals surface area contributed by atoms with Crippen molar-refractivity contribution >= 4 is 17.7 Å². The van der Waals surface area contributed by atoms with E-state index in [9.17, 15) is 9.59 Å². The molecule has 1 heterocycles. The molecule has 2 rings (SSSR count). The van der Waals surface area contributed by atoms with Crippen LogP contribution in [0.4, 0.5) is 10.5 Å². The van der Waals surface area contributed by atoms with Gasteiger partial charge in [0.25, 0.3) is 0 Å². The van der Waals surface area contributed by atoms with Gasteiger partial charge in [-0.3, -0.25) is 4.79 Å². The Bertz CT molecular complexity index is 725. The minimum Gasteiger partial charge on any atom is -0.444 e. The van der Waals surface area contributed by atoms with Crippen molar-refractivity contribution in [3.8, 4) is 0 Å². The lowest BCUT2D eigenvalue weighted by Crippen LogP contribution is -2.33. The maximum absolute atomic E-state index is 11.9. The number of carbonyl (C=O) groups is 2. The Morgan fingerprint density at radius 3 is 2.62 bits per heavy atom. The number of aryl methyl sites for hydroxylation is 1. The number of nitrogens with one attached hydrogen (secondary N) is 2. The van der Waals surface area contributed by atoms with Crippen molar-refractivity contribution in [1.29, 1.82) is 0 Å². The molecule has 2 amide bonds. The standard InChI is InChI=1S/C22H34N2O5/c1-15-18(9-11-28-13-12-27-5)16(8-10-23-21(26)29-22(2,3)4)14-17-6-7-19(25)24-20(15)17/h14H,6-13H2,1-5H3,(H,23,26)(H,24,25). The minimum absolute atomic E-state index is 0.0576. The normalized spacial score (nSPS) is 13.6. The molecule has 0 saturated heterocycles. The van der Waals surface area contributed by atoms with Crippen LogP contribution in [-0.4, -0.2) is 51.1 Å². The highest BCUT2D eigenvalue weighted by atomic mass is 16.6. The van der Waals surface area contributed by atoms with E-state index < -0.39 is 11.7 Å². The molecule has 0 aromatic heterocycles. The van der Waals surface area contributed by atoms with Gasteiger partial charge in [0.2, 0.25) is 5.91 Å². The highest BCUT2D eigenvalue weighted by Crippen LogP contribution is 2.32. The number of fused-ring (bicyclic) bond motifs is 1. The first-order chi connectivity index (χ1) is 13.7. The first-order valence-corrected chi connectivity index (χ1v) is 10.2. The van der Waals surface area contributed by atoms with Crippen molar-refractivity contribution in [2.45, 2.75) is 59.0 Å². The van der Waals surface area contributed by atoms with E-state index in [2.05, 4.69) is 16.7 Å². The molecule has 162 valence electrons. The molecular formula is C22H34N2O5. The second-order valence-electron chi connectivity index (χ2n) is 8.26. The molecule has 0 radical (unpaired) electrons. The van der Waals surface area contributed by atoms with E-state index in [1.165, 1.54) is 5.56 Å². The van der Waals surface area contributed by atoms with Crippen LogP contribution in [0.2, 0.25) is 0 Å². The van der Waals surface area contributed by atoms with Gasteiger partial charge in [-0.05, 0) is 69.2 Å². The number of anilines is 1. The van der Waals surface area contributed by atoms with Crippen LogP contribution in [0.5, 0.6) is 0 Å². The van der Waals surface area contributed by atoms with E-state index in [1.54, 1.807) is 7.11 Å². The molecule has 0 aliphatic carbocycles. The van der Waals surface area contributed by atoms with E-state index in [0.29, 0.717) is 39.2 Å². The van der Waals surface area contributed by atoms with Gasteiger partial charge >= 0.3 is 6.09 Å². The molecule has 0 fully saturated rings. The van der Waals surface area contributed by atoms with Crippen molar-refractivity contribution in [3.05, 3.63) is 28.3 Å². The Hall–Kier alpha value is -2.12. The third-order valence-electron chi connectivity index (χ3n) is 4.76. The first kappa shape index (κ1) is 23.2. The second-order valence-corrected chi connectivity index (χ2v) is 8.26. The Morgan fingerprint density at radius 2 is 1.93 bits per heavy atom. The van der Waals surface area contributed by atoms with E-state index >= 15 is 0 Å². The fourth-order valence-corrected chi connectivity index (χ4v) is 3.43. The highest BCUT2D eigenvalue weighted by molar-refractivity contribution is 5.95. The Balaban J connectivity index is 2.10. The zero-order chi connectivity index (χ0) is 21.4. The van der Waals surface area contributed by atoms with Crippen LogP contribution in [0.3, 0.4) is 0 Å². The number of carbonyl (C=O) groups excluding carboxylic acids is 2. The van der Waals surface area contributed by atoms with Gasteiger partial charge in [-0.1, -0.05) is 6.07 Å². The van der Waals surface area contributed by atoms with Crippen molar-refractivity contribution in [2.24, 2.45) is 0 Å². The maximum Gasteiger partial charge on any atom is 0.407 e. The van der Waals surface area contributed by atoms with Gasteiger partial charge in [0.15, 0.2) is 0 Å². The molecule has 1 aromatic carbocycles. The van der Waals surface area contributed by atoms with Gasteiger partial charge < -0.3 is 24.8 Å². The fraction of sp³-hybridized carbons (Fsp3) is 0.636. The molecular weight excluding hydrogens is 372 g/mol. The SMILES string of the molecule is COCCOCCc1c(CCNC(=O)OC(C)(C)C)cc2c(c1C)NC(=O)CC2. The summed E-state index contributed by atoms with van der Waals surface area (Å²) in [7, 11) is 1.65. The van der Waals surface area contributed by atoms with Gasteiger partial charge in [0.1, 0.15) is 5.60 Å². The lowest BCUT2D eigenvalue weighted by atomic mass is 9.89. The number of amides is 2. The number of alkyl carbamates (subject to hydrolysis) is 1. The Kier molecular flexibility index (Phi) is 8.46. The van der Waals surface area contributed by atoms with Crippen molar-refractivity contribution in [3.63, 3.8) is 0 Å². The molecule has 7 heteroatoms. The molecule has 0 spiro atoms. The van der Waals surface area contributed by atoms with Crippen LogP contribution in [0.25, 0.3) is 0 Å². The summed E-state index contributed by atoms with van der Waals surface area (Å²) in [6, 6.07) is 2.16. The van der Waals surface area contributed by atoms with E-state index in [4.69, 9.17) is 14.2 Å². The molecule has 1 aromatic rings. The van der Waals surface area contributed by atoms with Crippen LogP contribution >= 0.6 is 0 Å². The fourth-order valence-electron chi connectivity index (χ4n) is 3.43. The molecule has 2 N–H and O–H groups in total. The zero-order valence-electron chi connectivity index (χ0n) is 18.3. The third-order valence-corrected chi connectivity index (χ3v) is 4.76. The molecule has 0 bridgehead atoms. The number of methoxy groups -OCH3 is 1. The average Bonchev–Trinajstić information content (AvgIpc) is 2.62. The summed E-state index contributed by atoms with van der Waals surface area (Å²) in [6.45, 7) is 9.74. The topological polar surface area (TPSA) is 85.9 Å². The van der Waals surface area contributed by atoms with Gasteiger partial charge in [0, 0.05) is 25.8 Å². The number of benzene rings is 1. The second kappa shape index (κ2) is 10.6. The van der Waals surface area contributed by atoms with Crippen molar-refractivity contribution in [2.75, 3.05) is 38.8 Å². The maximum atomic E-state index is 11.9. The van der Waals surface area contributed by atoms with E-state index in [-0.39, 0.29) is 5.91 Å². The Morgan fingerprint density at radius 1 is 1.17 bits per heavy atom. The van der Waals surface area contributed by atoms with Gasteiger partial charge in [-0.2, -0.15) is 0 Å². The summed E-state index contributed by atoms with van der Waals surface area (Å²) in [6.07, 6.45) is 2.25. The Labute approximate surface area is 173 Å². The van der Waals surface area contributed by atoms with Crippen LogP contribution in [-0.2, 0) is 38.3 Å². The van der Waals surface area contributed by atoms with Crippen LogP contribution in [0.1, 0.15) is 49.4 Å². The van der Waals surface area contributed by atoms with Crippen LogP contribution in [0.15, 0.2) is 6.07 Å². The molecule has 0 unspecified atom stereocenters. The summed E-state index contributed by atoms with van der Waals surface area (Å²) in [5, 5.41) is 5.84. The minimum atomic E-state index is -0.518. The average molecular weight is 407 g/mol. The van der Waals surface area contributed by atoms with Crippen LogP contribution < -0.4 is 10.6 Å². The van der Waals surface area contributed by atoms with E-state index in [1.807, 2.05) is 27.7 Å². The molecule has 0 atom stereocenters. The summed E-state index contributed by atoms with van der Waals surface area (Å²) in [4.78, 5) is 23.8. The van der Waals surface area contributed by atoms with Crippen molar-refractivity contribution < 1.29 is 23.8 Å². The van der Waals surface area contributed by atoms with Crippen LogP contribution in [0, 0.1) is 6.92 Å². The number of ether oxygens (including phenoxy) is 3. The predicted molar refractivity (Wildman–Crippen MR) is 112 cm³/mol. The number of hydrogen-bond acceptors (Lipinski definition) is 5. The quantitative estimate of drug-likeness (QED) is 0.615. The first-order valence-electron chi connectivity index (χ1n) is 10.2. The highest BCUT2D eigenvalue weighted by Gasteiger charge is 2.21. The molecule has 7 nitrogen and oxygen atoms in total. The largest absolute Gasteiger partial charge is 0.444 e.